The standard InChI is InChI=1S/C14H10F3NO/c15-11-3-1-10(2-4-11)14(19)18-8-9-5-12(16)7-13(17)6-9/h1-7H,8H2,(H,18,19). The molecule has 1 amide bonds. The number of hydrogen-bond donors (Lipinski definition) is 1. The summed E-state index contributed by atoms with van der Waals surface area (Å²) in [6.07, 6.45) is 0. The Labute approximate surface area is 107 Å². The lowest BCUT2D eigenvalue weighted by atomic mass is 10.2. The van der Waals surface area contributed by atoms with Crippen molar-refractivity contribution in [3.05, 3.63) is 71.0 Å². The molecular weight excluding hydrogens is 255 g/mol. The minimum Gasteiger partial charge on any atom is -0.348 e. The average Bonchev–Trinajstić information content (AvgIpc) is 2.36. The maximum Gasteiger partial charge on any atom is 0.251 e. The van der Waals surface area contributed by atoms with E-state index in [0.29, 0.717) is 5.56 Å². The number of benzene rings is 2. The second-order valence-corrected chi connectivity index (χ2v) is 3.97. The molecule has 0 heterocycles. The van der Waals surface area contributed by atoms with Gasteiger partial charge in [0.15, 0.2) is 0 Å². The summed E-state index contributed by atoms with van der Waals surface area (Å²) in [5.74, 6) is -2.29. The third-order valence-electron chi connectivity index (χ3n) is 2.48. The van der Waals surface area contributed by atoms with Gasteiger partial charge in [0, 0.05) is 18.2 Å². The second-order valence-electron chi connectivity index (χ2n) is 3.97. The van der Waals surface area contributed by atoms with Crippen molar-refractivity contribution in [3.63, 3.8) is 0 Å². The Bertz CT molecular complexity index is 576. The zero-order chi connectivity index (χ0) is 13.8. The maximum atomic E-state index is 12.9. The molecule has 2 aromatic carbocycles. The third-order valence-corrected chi connectivity index (χ3v) is 2.48. The largest absolute Gasteiger partial charge is 0.348 e. The highest BCUT2D eigenvalue weighted by Crippen LogP contribution is 2.08. The Morgan fingerprint density at radius 1 is 0.895 bits per heavy atom. The van der Waals surface area contributed by atoms with Gasteiger partial charge < -0.3 is 5.32 Å². The van der Waals surface area contributed by atoms with Gasteiger partial charge in [-0.25, -0.2) is 13.2 Å². The van der Waals surface area contributed by atoms with E-state index in [1.54, 1.807) is 0 Å². The van der Waals surface area contributed by atoms with E-state index in [4.69, 9.17) is 0 Å². The lowest BCUT2D eigenvalue weighted by Crippen LogP contribution is -2.22. The average molecular weight is 265 g/mol. The third kappa shape index (κ3) is 3.58. The van der Waals surface area contributed by atoms with Crippen molar-refractivity contribution in [2.24, 2.45) is 0 Å². The molecule has 0 saturated heterocycles. The van der Waals surface area contributed by atoms with E-state index in [2.05, 4.69) is 5.32 Å². The number of carbonyl (C=O) groups is 1. The molecule has 0 fully saturated rings. The van der Waals surface area contributed by atoms with Gasteiger partial charge in [-0.05, 0) is 42.0 Å². The van der Waals surface area contributed by atoms with Crippen molar-refractivity contribution in [1.29, 1.82) is 0 Å². The molecule has 0 aliphatic carbocycles. The van der Waals surface area contributed by atoms with Crippen molar-refractivity contribution >= 4 is 5.91 Å². The van der Waals surface area contributed by atoms with Gasteiger partial charge in [-0.1, -0.05) is 0 Å². The van der Waals surface area contributed by atoms with Crippen molar-refractivity contribution in [2.75, 3.05) is 0 Å². The van der Waals surface area contributed by atoms with Crippen LogP contribution in [0.25, 0.3) is 0 Å². The van der Waals surface area contributed by atoms with Crippen molar-refractivity contribution in [1.82, 2.24) is 5.32 Å². The number of hydrogen-bond acceptors (Lipinski definition) is 1. The molecule has 0 unspecified atom stereocenters. The summed E-state index contributed by atoms with van der Waals surface area (Å²) in [5.41, 5.74) is 0.589. The maximum absolute atomic E-state index is 12.9. The van der Waals surface area contributed by atoms with E-state index in [1.807, 2.05) is 0 Å². The summed E-state index contributed by atoms with van der Waals surface area (Å²) in [6.45, 7) is -0.00904. The van der Waals surface area contributed by atoms with Crippen LogP contribution in [0, 0.1) is 17.5 Å². The molecule has 19 heavy (non-hydrogen) atoms. The number of nitrogens with one attached hydrogen (secondary N) is 1. The van der Waals surface area contributed by atoms with Gasteiger partial charge in [0.2, 0.25) is 0 Å². The van der Waals surface area contributed by atoms with E-state index in [1.165, 1.54) is 12.1 Å². The molecule has 0 atom stereocenters. The van der Waals surface area contributed by atoms with E-state index >= 15 is 0 Å². The van der Waals surface area contributed by atoms with Crippen LogP contribution in [0.15, 0.2) is 42.5 Å². The van der Waals surface area contributed by atoms with E-state index < -0.39 is 23.4 Å². The normalized spacial score (nSPS) is 10.3. The predicted octanol–water partition coefficient (Wildman–Crippen LogP) is 3.03. The molecule has 0 bridgehead atoms. The van der Waals surface area contributed by atoms with Gasteiger partial charge in [0.25, 0.3) is 5.91 Å². The van der Waals surface area contributed by atoms with Crippen LogP contribution in [-0.4, -0.2) is 5.91 Å². The fourth-order valence-corrected chi connectivity index (χ4v) is 1.60. The summed E-state index contributed by atoms with van der Waals surface area (Å²) in [5, 5.41) is 2.49. The van der Waals surface area contributed by atoms with E-state index in [9.17, 15) is 18.0 Å². The van der Waals surface area contributed by atoms with E-state index in [0.717, 1.165) is 30.3 Å². The molecule has 0 aliphatic heterocycles. The monoisotopic (exact) mass is 265 g/mol. The Morgan fingerprint density at radius 3 is 2.05 bits per heavy atom. The van der Waals surface area contributed by atoms with E-state index in [-0.39, 0.29) is 12.1 Å². The molecule has 0 radical (unpaired) electrons. The zero-order valence-electron chi connectivity index (χ0n) is 9.79. The fourth-order valence-electron chi connectivity index (χ4n) is 1.60. The van der Waals surface area contributed by atoms with Gasteiger partial charge in [0.1, 0.15) is 17.5 Å². The highest BCUT2D eigenvalue weighted by molar-refractivity contribution is 5.94. The quantitative estimate of drug-likeness (QED) is 0.908. The smallest absolute Gasteiger partial charge is 0.251 e. The van der Waals surface area contributed by atoms with Crippen molar-refractivity contribution < 1.29 is 18.0 Å². The molecule has 0 aliphatic rings. The Balaban J connectivity index is 2.02. The van der Waals surface area contributed by atoms with Crippen LogP contribution in [0.4, 0.5) is 13.2 Å². The molecule has 0 aromatic heterocycles. The fraction of sp³-hybridized carbons (Fsp3) is 0.0714. The highest BCUT2D eigenvalue weighted by Gasteiger charge is 2.06. The Hall–Kier alpha value is -2.30. The summed E-state index contributed by atoms with van der Waals surface area (Å²) < 4.78 is 38.5. The van der Waals surface area contributed by atoms with Gasteiger partial charge in [-0.15, -0.1) is 0 Å². The van der Waals surface area contributed by atoms with Gasteiger partial charge in [-0.3, -0.25) is 4.79 Å². The highest BCUT2D eigenvalue weighted by atomic mass is 19.1. The molecule has 2 nitrogen and oxygen atoms in total. The van der Waals surface area contributed by atoms with Crippen LogP contribution in [-0.2, 0) is 6.54 Å². The number of halogens is 3. The number of amides is 1. The summed E-state index contributed by atoms with van der Waals surface area (Å²) in [7, 11) is 0. The molecule has 2 rings (SSSR count). The van der Waals surface area contributed by atoms with Crippen molar-refractivity contribution in [2.45, 2.75) is 6.54 Å². The predicted molar refractivity (Wildman–Crippen MR) is 63.9 cm³/mol. The first-order valence-corrected chi connectivity index (χ1v) is 5.53. The lowest BCUT2D eigenvalue weighted by molar-refractivity contribution is 0.0950. The minimum atomic E-state index is -0.703. The van der Waals surface area contributed by atoms with Gasteiger partial charge >= 0.3 is 0 Å². The van der Waals surface area contributed by atoms with Gasteiger partial charge in [0.05, 0.1) is 0 Å². The number of carbonyl (C=O) groups excluding carboxylic acids is 1. The molecule has 1 N–H and O–H groups in total. The molecule has 5 heteroatoms. The first kappa shape index (κ1) is 13.1. The SMILES string of the molecule is O=C(NCc1cc(F)cc(F)c1)c1ccc(F)cc1. The molecular formula is C14H10F3NO. The Kier molecular flexibility index (Phi) is 3.85. The lowest BCUT2D eigenvalue weighted by Gasteiger charge is -2.06. The van der Waals surface area contributed by atoms with Crippen LogP contribution in [0.3, 0.4) is 0 Å². The van der Waals surface area contributed by atoms with Crippen molar-refractivity contribution in [3.8, 4) is 0 Å². The summed E-state index contributed by atoms with van der Waals surface area (Å²) in [6, 6.07) is 8.01. The van der Waals surface area contributed by atoms with Crippen LogP contribution >= 0.6 is 0 Å². The van der Waals surface area contributed by atoms with Crippen LogP contribution in [0.5, 0.6) is 0 Å². The van der Waals surface area contributed by atoms with Crippen LogP contribution in [0.1, 0.15) is 15.9 Å². The molecule has 2 aromatic rings. The topological polar surface area (TPSA) is 29.1 Å². The van der Waals surface area contributed by atoms with Crippen LogP contribution < -0.4 is 5.32 Å². The molecule has 98 valence electrons. The minimum absolute atomic E-state index is 0.00904. The number of rotatable bonds is 3. The second kappa shape index (κ2) is 5.56. The summed E-state index contributed by atoms with van der Waals surface area (Å²) >= 11 is 0. The Morgan fingerprint density at radius 2 is 1.47 bits per heavy atom. The molecule has 0 saturated carbocycles. The zero-order valence-corrected chi connectivity index (χ0v) is 9.79. The molecule has 0 spiro atoms. The van der Waals surface area contributed by atoms with Gasteiger partial charge in [-0.2, -0.15) is 0 Å². The first-order chi connectivity index (χ1) is 9.04. The first-order valence-electron chi connectivity index (χ1n) is 5.53. The summed E-state index contributed by atoms with van der Waals surface area (Å²) in [4.78, 5) is 11.7. The van der Waals surface area contributed by atoms with Crippen LogP contribution in [0.2, 0.25) is 0 Å².